The van der Waals surface area contributed by atoms with Gasteiger partial charge in [-0.25, -0.2) is 0 Å². The molecule has 1 aromatic carbocycles. The van der Waals surface area contributed by atoms with Crippen LogP contribution in [0.1, 0.15) is 12.0 Å². The van der Waals surface area contributed by atoms with Gasteiger partial charge in [-0.2, -0.15) is 13.2 Å². The SMILES string of the molecule is Nc1ccc(N2CC[C@H](O)C2)cc1C(F)(F)F. The predicted molar refractivity (Wildman–Crippen MR) is 58.7 cm³/mol. The molecule has 6 heteroatoms. The van der Waals surface area contributed by atoms with E-state index in [0.717, 1.165) is 6.07 Å². The molecule has 0 bridgehead atoms. The van der Waals surface area contributed by atoms with E-state index in [1.165, 1.54) is 6.07 Å². The van der Waals surface area contributed by atoms with E-state index in [1.54, 1.807) is 11.0 Å². The number of nitrogen functional groups attached to an aromatic ring is 1. The highest BCUT2D eigenvalue weighted by molar-refractivity contribution is 5.60. The molecule has 1 aliphatic rings. The molecule has 0 unspecified atom stereocenters. The van der Waals surface area contributed by atoms with Crippen molar-refractivity contribution in [1.82, 2.24) is 0 Å². The Hall–Kier alpha value is -1.43. The van der Waals surface area contributed by atoms with Crippen LogP contribution in [0.25, 0.3) is 0 Å². The lowest BCUT2D eigenvalue weighted by molar-refractivity contribution is -0.136. The minimum absolute atomic E-state index is 0.277. The van der Waals surface area contributed by atoms with E-state index in [2.05, 4.69) is 0 Å². The highest BCUT2D eigenvalue weighted by Gasteiger charge is 2.34. The number of nitrogens with zero attached hydrogens (tertiary/aromatic N) is 1. The Morgan fingerprint density at radius 1 is 1.35 bits per heavy atom. The molecule has 3 N–H and O–H groups in total. The van der Waals surface area contributed by atoms with Crippen LogP contribution < -0.4 is 10.6 Å². The van der Waals surface area contributed by atoms with Gasteiger partial charge in [-0.15, -0.1) is 0 Å². The van der Waals surface area contributed by atoms with Crippen molar-refractivity contribution in [1.29, 1.82) is 0 Å². The van der Waals surface area contributed by atoms with Gasteiger partial charge in [0, 0.05) is 24.5 Å². The Balaban J connectivity index is 2.31. The number of alkyl halides is 3. The van der Waals surface area contributed by atoms with Crippen molar-refractivity contribution < 1.29 is 18.3 Å². The molecule has 1 aliphatic heterocycles. The predicted octanol–water partition coefficient (Wildman–Crippen LogP) is 1.86. The van der Waals surface area contributed by atoms with Crippen molar-refractivity contribution in [2.45, 2.75) is 18.7 Å². The third kappa shape index (κ3) is 2.46. The lowest BCUT2D eigenvalue weighted by Crippen LogP contribution is -2.22. The Kier molecular flexibility index (Phi) is 2.91. The molecule has 1 saturated heterocycles. The van der Waals surface area contributed by atoms with Crippen molar-refractivity contribution in [3.63, 3.8) is 0 Å². The molecular formula is C11H13F3N2O. The lowest BCUT2D eigenvalue weighted by Gasteiger charge is -2.20. The van der Waals surface area contributed by atoms with Gasteiger partial charge in [0.2, 0.25) is 0 Å². The molecule has 1 atom stereocenters. The maximum Gasteiger partial charge on any atom is 0.418 e. The first kappa shape index (κ1) is 12.0. The number of rotatable bonds is 1. The fraction of sp³-hybridized carbons (Fsp3) is 0.455. The highest BCUT2D eigenvalue weighted by Crippen LogP contribution is 2.36. The number of β-amino-alcohol motifs (C(OH)–C–C–N with tert-alkyl or cyclic N) is 1. The van der Waals surface area contributed by atoms with Crippen LogP contribution in [0.15, 0.2) is 18.2 Å². The van der Waals surface area contributed by atoms with Crippen LogP contribution in [-0.2, 0) is 6.18 Å². The lowest BCUT2D eigenvalue weighted by atomic mass is 10.1. The van der Waals surface area contributed by atoms with Gasteiger partial charge in [0.15, 0.2) is 0 Å². The van der Waals surface area contributed by atoms with E-state index in [4.69, 9.17) is 5.73 Å². The summed E-state index contributed by atoms with van der Waals surface area (Å²) in [5.41, 5.74) is 4.66. The molecule has 0 saturated carbocycles. The molecule has 1 aromatic rings. The summed E-state index contributed by atoms with van der Waals surface area (Å²) in [5, 5.41) is 9.36. The molecule has 0 amide bonds. The van der Waals surface area contributed by atoms with Crippen LogP contribution in [0.2, 0.25) is 0 Å². The number of aliphatic hydroxyl groups excluding tert-OH is 1. The number of hydrogen-bond donors (Lipinski definition) is 2. The summed E-state index contributed by atoms with van der Waals surface area (Å²) in [4.78, 5) is 1.72. The number of aliphatic hydroxyl groups is 1. The Morgan fingerprint density at radius 3 is 2.59 bits per heavy atom. The third-order valence-electron chi connectivity index (χ3n) is 2.87. The smallest absolute Gasteiger partial charge is 0.398 e. The second-order valence-corrected chi connectivity index (χ2v) is 4.16. The molecule has 2 rings (SSSR count). The van der Waals surface area contributed by atoms with Gasteiger partial charge < -0.3 is 15.7 Å². The third-order valence-corrected chi connectivity index (χ3v) is 2.87. The minimum Gasteiger partial charge on any atom is -0.398 e. The van der Waals surface area contributed by atoms with E-state index in [1.807, 2.05) is 0 Å². The first-order valence-corrected chi connectivity index (χ1v) is 5.27. The fourth-order valence-electron chi connectivity index (χ4n) is 1.96. The summed E-state index contributed by atoms with van der Waals surface area (Å²) in [6.07, 6.45) is -4.34. The number of nitrogens with two attached hydrogens (primary N) is 1. The van der Waals surface area contributed by atoms with E-state index < -0.39 is 17.8 Å². The molecule has 0 spiro atoms. The maximum atomic E-state index is 12.6. The first-order chi connectivity index (χ1) is 7.88. The van der Waals surface area contributed by atoms with Gasteiger partial charge in [-0.3, -0.25) is 0 Å². The summed E-state index contributed by atoms with van der Waals surface area (Å²) < 4.78 is 37.9. The Bertz CT molecular complexity index is 420. The normalized spacial score (nSPS) is 20.9. The minimum atomic E-state index is -4.45. The van der Waals surface area contributed by atoms with Crippen molar-refractivity contribution in [3.8, 4) is 0 Å². The van der Waals surface area contributed by atoms with E-state index >= 15 is 0 Å². The number of halogens is 3. The van der Waals surface area contributed by atoms with Crippen LogP contribution in [0.3, 0.4) is 0 Å². The molecule has 0 aliphatic carbocycles. The number of anilines is 2. The zero-order chi connectivity index (χ0) is 12.6. The van der Waals surface area contributed by atoms with Crippen LogP contribution >= 0.6 is 0 Å². The molecule has 1 heterocycles. The maximum absolute atomic E-state index is 12.6. The average Bonchev–Trinajstić information content (AvgIpc) is 2.64. The zero-order valence-corrected chi connectivity index (χ0v) is 9.04. The van der Waals surface area contributed by atoms with Crippen molar-refractivity contribution in [2.24, 2.45) is 0 Å². The molecular weight excluding hydrogens is 233 g/mol. The highest BCUT2D eigenvalue weighted by atomic mass is 19.4. The van der Waals surface area contributed by atoms with Gasteiger partial charge in [-0.1, -0.05) is 0 Å². The zero-order valence-electron chi connectivity index (χ0n) is 9.04. The topological polar surface area (TPSA) is 49.5 Å². The van der Waals surface area contributed by atoms with E-state index in [9.17, 15) is 18.3 Å². The van der Waals surface area contributed by atoms with Crippen molar-refractivity contribution in [2.75, 3.05) is 23.7 Å². The standard InChI is InChI=1S/C11H13F3N2O/c12-11(13,14)9-5-7(1-2-10(9)15)16-4-3-8(17)6-16/h1-2,5,8,17H,3-4,6,15H2/t8-/m0/s1. The van der Waals surface area contributed by atoms with Gasteiger partial charge in [0.1, 0.15) is 0 Å². The monoisotopic (exact) mass is 246 g/mol. The quantitative estimate of drug-likeness (QED) is 0.743. The van der Waals surface area contributed by atoms with E-state index in [-0.39, 0.29) is 5.69 Å². The summed E-state index contributed by atoms with van der Waals surface area (Å²) >= 11 is 0. The summed E-state index contributed by atoms with van der Waals surface area (Å²) in [5.74, 6) is 0. The molecule has 17 heavy (non-hydrogen) atoms. The summed E-state index contributed by atoms with van der Waals surface area (Å²) in [7, 11) is 0. The second kappa shape index (κ2) is 4.10. The van der Waals surface area contributed by atoms with Crippen molar-refractivity contribution >= 4 is 11.4 Å². The van der Waals surface area contributed by atoms with Gasteiger partial charge in [-0.05, 0) is 24.6 Å². The Morgan fingerprint density at radius 2 is 2.06 bits per heavy atom. The largest absolute Gasteiger partial charge is 0.418 e. The molecule has 0 radical (unpaired) electrons. The summed E-state index contributed by atoms with van der Waals surface area (Å²) in [6.45, 7) is 0.920. The fourth-order valence-corrected chi connectivity index (χ4v) is 1.96. The number of benzene rings is 1. The summed E-state index contributed by atoms with van der Waals surface area (Å²) in [6, 6.07) is 3.83. The Labute approximate surface area is 96.6 Å². The molecule has 1 fully saturated rings. The first-order valence-electron chi connectivity index (χ1n) is 5.27. The average molecular weight is 246 g/mol. The van der Waals surface area contributed by atoms with Crippen molar-refractivity contribution in [3.05, 3.63) is 23.8 Å². The molecule has 94 valence electrons. The number of hydrogen-bond acceptors (Lipinski definition) is 3. The van der Waals surface area contributed by atoms with E-state index in [0.29, 0.717) is 25.2 Å². The molecule has 3 nitrogen and oxygen atoms in total. The van der Waals surface area contributed by atoms with Crippen LogP contribution in [0.5, 0.6) is 0 Å². The van der Waals surface area contributed by atoms with Crippen LogP contribution in [-0.4, -0.2) is 24.3 Å². The van der Waals surface area contributed by atoms with Crippen LogP contribution in [0, 0.1) is 0 Å². The van der Waals surface area contributed by atoms with Crippen LogP contribution in [0.4, 0.5) is 24.5 Å². The molecule has 0 aromatic heterocycles. The van der Waals surface area contributed by atoms with Gasteiger partial charge in [0.05, 0.1) is 11.7 Å². The van der Waals surface area contributed by atoms with Gasteiger partial charge >= 0.3 is 6.18 Å². The second-order valence-electron chi connectivity index (χ2n) is 4.16. The van der Waals surface area contributed by atoms with Gasteiger partial charge in [0.25, 0.3) is 0 Å².